The number of carboxylic acid groups (broad SMARTS) is 1. The highest BCUT2D eigenvalue weighted by atomic mass is 32.2. The SMILES string of the molecule is O=C(O)C12CCC(NS(=O)(=O)c3ccc(C(F)(F)F)cc3)(CC1)CC2. The predicted octanol–water partition coefficient (Wildman–Crippen LogP) is 3.16. The maximum atomic E-state index is 12.6. The van der Waals surface area contributed by atoms with Gasteiger partial charge in [0, 0.05) is 5.54 Å². The number of aliphatic carboxylic acids is 1. The van der Waals surface area contributed by atoms with Crippen LogP contribution in [0.1, 0.15) is 44.1 Å². The molecule has 1 aromatic carbocycles. The summed E-state index contributed by atoms with van der Waals surface area (Å²) in [6, 6.07) is 3.36. The minimum absolute atomic E-state index is 0.226. The Morgan fingerprint density at radius 3 is 1.88 bits per heavy atom. The van der Waals surface area contributed by atoms with Gasteiger partial charge in [-0.1, -0.05) is 0 Å². The molecular weight excluding hydrogens is 359 g/mol. The Balaban J connectivity index is 1.78. The molecule has 0 aromatic heterocycles. The van der Waals surface area contributed by atoms with E-state index in [0.29, 0.717) is 38.5 Å². The van der Waals surface area contributed by atoms with Crippen LogP contribution in [0, 0.1) is 5.41 Å². The number of alkyl halides is 3. The van der Waals surface area contributed by atoms with Crippen LogP contribution in [0.25, 0.3) is 0 Å². The Kier molecular flexibility index (Phi) is 4.15. The Morgan fingerprint density at radius 1 is 1.00 bits per heavy atom. The molecule has 0 aliphatic heterocycles. The average molecular weight is 377 g/mol. The number of rotatable bonds is 4. The van der Waals surface area contributed by atoms with Crippen molar-refractivity contribution < 1.29 is 31.5 Å². The molecule has 2 bridgehead atoms. The van der Waals surface area contributed by atoms with Crippen LogP contribution in [0.15, 0.2) is 29.2 Å². The summed E-state index contributed by atoms with van der Waals surface area (Å²) in [4.78, 5) is 11.2. The minimum Gasteiger partial charge on any atom is -0.481 e. The third-order valence-corrected chi connectivity index (χ3v) is 7.14. The molecule has 1 aromatic rings. The number of benzene rings is 1. The molecule has 3 saturated carbocycles. The Hall–Kier alpha value is -1.61. The standard InChI is InChI=1S/C16H18F3NO4S/c17-16(18,19)11-1-3-12(4-2-11)25(23,24)20-15-8-5-14(6-9-15,7-10-15)13(21)22/h1-4,20H,5-10H2,(H,21,22). The number of carbonyl (C=O) groups is 1. The van der Waals surface area contributed by atoms with Crippen LogP contribution in [0.4, 0.5) is 13.2 Å². The van der Waals surface area contributed by atoms with Gasteiger partial charge in [0.2, 0.25) is 10.0 Å². The fraction of sp³-hybridized carbons (Fsp3) is 0.562. The van der Waals surface area contributed by atoms with Gasteiger partial charge in [0.1, 0.15) is 0 Å². The van der Waals surface area contributed by atoms with Gasteiger partial charge >= 0.3 is 12.1 Å². The number of sulfonamides is 1. The molecule has 0 saturated heterocycles. The highest BCUT2D eigenvalue weighted by Gasteiger charge is 2.53. The van der Waals surface area contributed by atoms with Crippen molar-refractivity contribution in [1.82, 2.24) is 4.72 Å². The highest BCUT2D eigenvalue weighted by Crippen LogP contribution is 2.52. The summed E-state index contributed by atoms with van der Waals surface area (Å²) in [7, 11) is -3.97. The van der Waals surface area contributed by atoms with Gasteiger partial charge < -0.3 is 5.11 Å². The molecule has 0 spiro atoms. The third kappa shape index (κ3) is 3.27. The largest absolute Gasteiger partial charge is 0.481 e. The first-order valence-corrected chi connectivity index (χ1v) is 9.41. The van der Waals surface area contributed by atoms with Gasteiger partial charge in [0.25, 0.3) is 0 Å². The summed E-state index contributed by atoms with van der Waals surface area (Å²) in [6.07, 6.45) is -2.08. The predicted molar refractivity (Wildman–Crippen MR) is 82.3 cm³/mol. The van der Waals surface area contributed by atoms with Crippen molar-refractivity contribution in [2.24, 2.45) is 5.41 Å². The topological polar surface area (TPSA) is 83.5 Å². The second-order valence-corrected chi connectivity index (χ2v) is 8.68. The van der Waals surface area contributed by atoms with Crippen LogP contribution in [0.5, 0.6) is 0 Å². The summed E-state index contributed by atoms with van der Waals surface area (Å²) in [6.45, 7) is 0. The van der Waals surface area contributed by atoms with E-state index in [-0.39, 0.29) is 4.90 Å². The lowest BCUT2D eigenvalue weighted by molar-refractivity contribution is -0.156. The van der Waals surface area contributed by atoms with E-state index in [2.05, 4.69) is 4.72 Å². The average Bonchev–Trinajstić information content (AvgIpc) is 2.55. The molecule has 5 nitrogen and oxygen atoms in total. The molecule has 0 atom stereocenters. The molecule has 0 amide bonds. The van der Waals surface area contributed by atoms with Gasteiger partial charge in [0.15, 0.2) is 0 Å². The second-order valence-electron chi connectivity index (χ2n) is 6.99. The van der Waals surface area contributed by atoms with Gasteiger partial charge in [-0.25, -0.2) is 13.1 Å². The summed E-state index contributed by atoms with van der Waals surface area (Å²) >= 11 is 0. The third-order valence-electron chi connectivity index (χ3n) is 5.54. The van der Waals surface area contributed by atoms with E-state index in [4.69, 9.17) is 0 Å². The fourth-order valence-electron chi connectivity index (χ4n) is 3.83. The van der Waals surface area contributed by atoms with Crippen molar-refractivity contribution in [3.63, 3.8) is 0 Å². The summed E-state index contributed by atoms with van der Waals surface area (Å²) in [5.74, 6) is -0.841. The van der Waals surface area contributed by atoms with Crippen molar-refractivity contribution in [2.75, 3.05) is 0 Å². The highest BCUT2D eigenvalue weighted by molar-refractivity contribution is 7.89. The molecule has 3 fully saturated rings. The molecule has 25 heavy (non-hydrogen) atoms. The van der Waals surface area contributed by atoms with E-state index < -0.39 is 38.7 Å². The zero-order chi connectivity index (χ0) is 18.5. The van der Waals surface area contributed by atoms with Crippen LogP contribution in [0.3, 0.4) is 0 Å². The smallest absolute Gasteiger partial charge is 0.416 e. The van der Waals surface area contributed by atoms with Crippen molar-refractivity contribution in [1.29, 1.82) is 0 Å². The van der Waals surface area contributed by atoms with Crippen LogP contribution in [-0.2, 0) is 21.0 Å². The van der Waals surface area contributed by atoms with Crippen molar-refractivity contribution in [3.05, 3.63) is 29.8 Å². The Labute approximate surface area is 143 Å². The molecule has 3 aliphatic rings. The van der Waals surface area contributed by atoms with Gasteiger partial charge in [-0.3, -0.25) is 4.79 Å². The van der Waals surface area contributed by atoms with Crippen LogP contribution >= 0.6 is 0 Å². The van der Waals surface area contributed by atoms with Gasteiger partial charge in [-0.2, -0.15) is 13.2 Å². The van der Waals surface area contributed by atoms with E-state index in [9.17, 15) is 31.5 Å². The zero-order valence-corrected chi connectivity index (χ0v) is 14.1. The summed E-state index contributed by atoms with van der Waals surface area (Å²) < 4.78 is 65.5. The van der Waals surface area contributed by atoms with Gasteiger partial charge in [0.05, 0.1) is 15.9 Å². The van der Waals surface area contributed by atoms with Gasteiger partial charge in [-0.15, -0.1) is 0 Å². The van der Waals surface area contributed by atoms with Crippen molar-refractivity contribution in [3.8, 4) is 0 Å². The first kappa shape index (κ1) is 18.2. The van der Waals surface area contributed by atoms with Crippen LogP contribution < -0.4 is 4.72 Å². The second kappa shape index (κ2) is 5.70. The van der Waals surface area contributed by atoms with E-state index in [0.717, 1.165) is 24.3 Å². The molecule has 0 unspecified atom stereocenters. The molecule has 3 aliphatic carbocycles. The summed E-state index contributed by atoms with van der Waals surface area (Å²) in [5, 5.41) is 9.37. The number of hydrogen-bond donors (Lipinski definition) is 2. The number of fused-ring (bicyclic) bond motifs is 3. The number of halogens is 3. The maximum Gasteiger partial charge on any atom is 0.416 e. The Morgan fingerprint density at radius 2 is 1.48 bits per heavy atom. The van der Waals surface area contributed by atoms with Crippen LogP contribution in [-0.4, -0.2) is 25.0 Å². The number of hydrogen-bond acceptors (Lipinski definition) is 3. The maximum absolute atomic E-state index is 12.6. The lowest BCUT2D eigenvalue weighted by Crippen LogP contribution is -2.58. The molecule has 138 valence electrons. The summed E-state index contributed by atoms with van der Waals surface area (Å²) in [5.41, 5.74) is -2.38. The normalized spacial score (nSPS) is 29.6. The molecule has 0 heterocycles. The Bertz CT molecular complexity index is 762. The molecule has 0 radical (unpaired) electrons. The van der Waals surface area contributed by atoms with E-state index in [1.54, 1.807) is 0 Å². The van der Waals surface area contributed by atoms with Gasteiger partial charge in [-0.05, 0) is 62.8 Å². The van der Waals surface area contributed by atoms with E-state index in [1.807, 2.05) is 0 Å². The molecule has 4 rings (SSSR count). The first-order chi connectivity index (χ1) is 11.5. The minimum atomic E-state index is -4.53. The van der Waals surface area contributed by atoms with Crippen LogP contribution in [0.2, 0.25) is 0 Å². The zero-order valence-electron chi connectivity index (χ0n) is 13.3. The van der Waals surface area contributed by atoms with Crippen molar-refractivity contribution in [2.45, 2.75) is 55.1 Å². The van der Waals surface area contributed by atoms with Crippen molar-refractivity contribution >= 4 is 16.0 Å². The van der Waals surface area contributed by atoms with E-state index >= 15 is 0 Å². The number of nitrogens with one attached hydrogen (secondary N) is 1. The number of carboxylic acids is 1. The monoisotopic (exact) mass is 377 g/mol. The molecular formula is C16H18F3NO4S. The molecule has 2 N–H and O–H groups in total. The lowest BCUT2D eigenvalue weighted by Gasteiger charge is -2.51. The quantitative estimate of drug-likeness (QED) is 0.844. The lowest BCUT2D eigenvalue weighted by atomic mass is 9.57. The fourth-order valence-corrected chi connectivity index (χ4v) is 5.32. The first-order valence-electron chi connectivity index (χ1n) is 7.93. The molecule has 9 heteroatoms. The van der Waals surface area contributed by atoms with E-state index in [1.165, 1.54) is 0 Å².